The molecule has 0 heterocycles. The molecule has 0 saturated heterocycles. The Kier molecular flexibility index (Phi) is 6.33. The van der Waals surface area contributed by atoms with Crippen LogP contribution >= 0.6 is 0 Å². The number of hydrogen-bond acceptors (Lipinski definition) is 5. The molecule has 0 unspecified atom stereocenters. The van der Waals surface area contributed by atoms with Gasteiger partial charge in [-0.05, 0) is 48.5 Å². The van der Waals surface area contributed by atoms with E-state index in [0.717, 1.165) is 0 Å². The SMILES string of the molecule is O=C(CNc1ccccc1C(=O)Nc1ccc(F)cc1)Nc1ccc([N+](=O)[O-])cc1. The van der Waals surface area contributed by atoms with Crippen molar-refractivity contribution in [2.24, 2.45) is 0 Å². The Morgan fingerprint density at radius 3 is 2.13 bits per heavy atom. The van der Waals surface area contributed by atoms with Crippen molar-refractivity contribution in [3.63, 3.8) is 0 Å². The third kappa shape index (κ3) is 5.38. The minimum absolute atomic E-state index is 0.0766. The van der Waals surface area contributed by atoms with E-state index in [1.54, 1.807) is 24.3 Å². The second-order valence-corrected chi connectivity index (χ2v) is 6.21. The summed E-state index contributed by atoms with van der Waals surface area (Å²) in [6.45, 7) is -0.127. The lowest BCUT2D eigenvalue weighted by Crippen LogP contribution is -2.23. The second-order valence-electron chi connectivity index (χ2n) is 6.21. The zero-order valence-corrected chi connectivity index (χ0v) is 15.6. The van der Waals surface area contributed by atoms with Crippen molar-refractivity contribution in [3.05, 3.63) is 94.3 Å². The van der Waals surface area contributed by atoms with Gasteiger partial charge in [0.2, 0.25) is 5.91 Å². The van der Waals surface area contributed by atoms with Crippen molar-refractivity contribution in [1.82, 2.24) is 0 Å². The fourth-order valence-corrected chi connectivity index (χ4v) is 2.61. The van der Waals surface area contributed by atoms with Crippen molar-refractivity contribution in [1.29, 1.82) is 0 Å². The van der Waals surface area contributed by atoms with E-state index in [1.165, 1.54) is 48.5 Å². The van der Waals surface area contributed by atoms with Gasteiger partial charge in [-0.3, -0.25) is 19.7 Å². The average Bonchev–Trinajstić information content (AvgIpc) is 2.74. The first-order chi connectivity index (χ1) is 14.4. The van der Waals surface area contributed by atoms with E-state index < -0.39 is 22.6 Å². The molecule has 8 nitrogen and oxygen atoms in total. The van der Waals surface area contributed by atoms with E-state index in [-0.39, 0.29) is 12.2 Å². The molecule has 9 heteroatoms. The summed E-state index contributed by atoms with van der Waals surface area (Å²) in [5, 5.41) is 18.8. The summed E-state index contributed by atoms with van der Waals surface area (Å²) >= 11 is 0. The number of amides is 2. The molecular weight excluding hydrogens is 391 g/mol. The average molecular weight is 408 g/mol. The summed E-state index contributed by atoms with van der Waals surface area (Å²) in [4.78, 5) is 34.9. The van der Waals surface area contributed by atoms with Crippen LogP contribution in [0.2, 0.25) is 0 Å². The first-order valence-corrected chi connectivity index (χ1v) is 8.86. The lowest BCUT2D eigenvalue weighted by atomic mass is 10.1. The number of nitro benzene ring substituents is 1. The summed E-state index contributed by atoms with van der Waals surface area (Å²) in [5.41, 5.74) is 1.52. The van der Waals surface area contributed by atoms with Crippen molar-refractivity contribution in [2.75, 3.05) is 22.5 Å². The lowest BCUT2D eigenvalue weighted by Gasteiger charge is -2.12. The number of carbonyl (C=O) groups excluding carboxylic acids is 2. The topological polar surface area (TPSA) is 113 Å². The molecule has 0 aliphatic heterocycles. The van der Waals surface area contributed by atoms with Crippen LogP contribution in [0.1, 0.15) is 10.4 Å². The first-order valence-electron chi connectivity index (χ1n) is 8.86. The summed E-state index contributed by atoms with van der Waals surface area (Å²) in [7, 11) is 0. The van der Waals surface area contributed by atoms with E-state index in [1.807, 2.05) is 0 Å². The highest BCUT2D eigenvalue weighted by Gasteiger charge is 2.13. The number of carbonyl (C=O) groups is 2. The molecule has 152 valence electrons. The van der Waals surface area contributed by atoms with Crippen molar-refractivity contribution in [2.45, 2.75) is 0 Å². The molecule has 3 N–H and O–H groups in total. The molecule has 0 saturated carbocycles. The van der Waals surface area contributed by atoms with E-state index in [0.29, 0.717) is 22.6 Å². The van der Waals surface area contributed by atoms with Gasteiger partial charge in [-0.2, -0.15) is 0 Å². The molecular formula is C21H17FN4O4. The van der Waals surface area contributed by atoms with Crippen LogP contribution in [0.4, 0.5) is 27.1 Å². The molecule has 0 bridgehead atoms. The van der Waals surface area contributed by atoms with E-state index in [4.69, 9.17) is 0 Å². The number of hydrogen-bond donors (Lipinski definition) is 3. The Morgan fingerprint density at radius 2 is 1.47 bits per heavy atom. The van der Waals surface area contributed by atoms with Gasteiger partial charge in [0, 0.05) is 29.2 Å². The number of anilines is 3. The number of rotatable bonds is 7. The highest BCUT2D eigenvalue weighted by molar-refractivity contribution is 6.08. The number of nitro groups is 1. The van der Waals surface area contributed by atoms with E-state index in [9.17, 15) is 24.1 Å². The molecule has 0 aliphatic carbocycles. The monoisotopic (exact) mass is 408 g/mol. The zero-order valence-electron chi connectivity index (χ0n) is 15.6. The molecule has 3 rings (SSSR count). The highest BCUT2D eigenvalue weighted by Crippen LogP contribution is 2.18. The molecule has 0 aromatic heterocycles. The van der Waals surface area contributed by atoms with Crippen LogP contribution in [0.15, 0.2) is 72.8 Å². The summed E-state index contributed by atoms with van der Waals surface area (Å²) in [6.07, 6.45) is 0. The zero-order chi connectivity index (χ0) is 21.5. The van der Waals surface area contributed by atoms with Gasteiger partial charge in [-0.25, -0.2) is 4.39 Å². The molecule has 30 heavy (non-hydrogen) atoms. The summed E-state index contributed by atoms with van der Waals surface area (Å²) in [6, 6.07) is 17.4. The number of halogens is 1. The maximum Gasteiger partial charge on any atom is 0.269 e. The number of nitrogens with one attached hydrogen (secondary N) is 3. The second kappa shape index (κ2) is 9.28. The number of non-ortho nitro benzene ring substituents is 1. The van der Waals surface area contributed by atoms with Crippen LogP contribution in [0, 0.1) is 15.9 Å². The Morgan fingerprint density at radius 1 is 0.867 bits per heavy atom. The van der Waals surface area contributed by atoms with Crippen LogP contribution in [-0.2, 0) is 4.79 Å². The molecule has 0 spiro atoms. The van der Waals surface area contributed by atoms with Gasteiger partial charge in [0.25, 0.3) is 11.6 Å². The predicted molar refractivity (Wildman–Crippen MR) is 111 cm³/mol. The lowest BCUT2D eigenvalue weighted by molar-refractivity contribution is -0.384. The predicted octanol–water partition coefficient (Wildman–Crippen LogP) is 4.04. The first kappa shape index (κ1) is 20.5. The van der Waals surface area contributed by atoms with Crippen molar-refractivity contribution in [3.8, 4) is 0 Å². The Hall–Kier alpha value is -4.27. The van der Waals surface area contributed by atoms with Crippen molar-refractivity contribution >= 4 is 34.6 Å². The quantitative estimate of drug-likeness (QED) is 0.403. The molecule has 3 aromatic carbocycles. The van der Waals surface area contributed by atoms with Crippen molar-refractivity contribution < 1.29 is 18.9 Å². The van der Waals surface area contributed by atoms with Gasteiger partial charge in [-0.1, -0.05) is 12.1 Å². The van der Waals surface area contributed by atoms with Crippen LogP contribution < -0.4 is 16.0 Å². The number of benzene rings is 3. The minimum atomic E-state index is -0.527. The minimum Gasteiger partial charge on any atom is -0.376 e. The van der Waals surface area contributed by atoms with Gasteiger partial charge in [-0.15, -0.1) is 0 Å². The van der Waals surface area contributed by atoms with Gasteiger partial charge in [0.15, 0.2) is 0 Å². The maximum atomic E-state index is 13.0. The molecule has 0 fully saturated rings. The van der Waals surface area contributed by atoms with Crippen LogP contribution in [0.3, 0.4) is 0 Å². The van der Waals surface area contributed by atoms with Crippen LogP contribution in [0.25, 0.3) is 0 Å². The van der Waals surface area contributed by atoms with Gasteiger partial charge in [0.1, 0.15) is 5.82 Å². The van der Waals surface area contributed by atoms with E-state index >= 15 is 0 Å². The van der Waals surface area contributed by atoms with Gasteiger partial charge < -0.3 is 16.0 Å². The number of nitrogens with zero attached hydrogens (tertiary/aromatic N) is 1. The fourth-order valence-electron chi connectivity index (χ4n) is 2.61. The Balaban J connectivity index is 1.61. The fraction of sp³-hybridized carbons (Fsp3) is 0.0476. The van der Waals surface area contributed by atoms with Crippen LogP contribution in [0.5, 0.6) is 0 Å². The molecule has 0 radical (unpaired) electrons. The number of para-hydroxylation sites is 1. The van der Waals surface area contributed by atoms with E-state index in [2.05, 4.69) is 16.0 Å². The Bertz CT molecular complexity index is 1070. The largest absolute Gasteiger partial charge is 0.376 e. The Labute approximate surface area is 170 Å². The third-order valence-corrected chi connectivity index (χ3v) is 4.08. The normalized spacial score (nSPS) is 10.2. The summed E-state index contributed by atoms with van der Waals surface area (Å²) in [5.74, 6) is -1.22. The maximum absolute atomic E-state index is 13.0. The van der Waals surface area contributed by atoms with Gasteiger partial charge in [0.05, 0.1) is 17.0 Å². The smallest absolute Gasteiger partial charge is 0.269 e. The van der Waals surface area contributed by atoms with Gasteiger partial charge >= 0.3 is 0 Å². The molecule has 3 aromatic rings. The molecule has 0 atom stereocenters. The third-order valence-electron chi connectivity index (χ3n) is 4.08. The summed E-state index contributed by atoms with van der Waals surface area (Å²) < 4.78 is 13.0. The molecule has 2 amide bonds. The molecule has 0 aliphatic rings. The highest BCUT2D eigenvalue weighted by atomic mass is 19.1. The standard InChI is InChI=1S/C21H17FN4O4/c22-14-5-7-16(8-6-14)25-21(28)18-3-1-2-4-19(18)23-13-20(27)24-15-9-11-17(12-10-15)26(29)30/h1-12,23H,13H2,(H,24,27)(H,25,28). The van der Waals surface area contributed by atoms with Crippen LogP contribution in [-0.4, -0.2) is 23.3 Å².